The van der Waals surface area contributed by atoms with E-state index in [1.54, 1.807) is 18.3 Å². The summed E-state index contributed by atoms with van der Waals surface area (Å²) < 4.78 is 0. The minimum Gasteiger partial charge on any atom is -1.00 e. The molecule has 1 aliphatic heterocycles. The largest absolute Gasteiger partial charge is 1.00 e. The first-order chi connectivity index (χ1) is 17.1. The molecule has 0 radical (unpaired) electrons. The van der Waals surface area contributed by atoms with Gasteiger partial charge in [0.25, 0.3) is 0 Å². The summed E-state index contributed by atoms with van der Waals surface area (Å²) in [7, 11) is 0. The van der Waals surface area contributed by atoms with Gasteiger partial charge in [-0.1, -0.05) is 109 Å². The number of nitrogens with zero attached hydrogens (tertiary/aromatic N) is 3. The average Bonchev–Trinajstić information content (AvgIpc) is 3.33. The maximum Gasteiger partial charge on any atom is 0.0195 e. The predicted octanol–water partition coefficient (Wildman–Crippen LogP) is 3.64. The zero-order valence-corrected chi connectivity index (χ0v) is 27.9. The van der Waals surface area contributed by atoms with Gasteiger partial charge in [-0.15, -0.1) is 24.3 Å². The van der Waals surface area contributed by atoms with Crippen molar-refractivity contribution in [3.8, 4) is 0 Å². The van der Waals surface area contributed by atoms with Crippen LogP contribution in [0.2, 0.25) is 5.02 Å². The van der Waals surface area contributed by atoms with E-state index in [4.69, 9.17) is 11.6 Å². The number of benzene rings is 2. The van der Waals surface area contributed by atoms with Crippen molar-refractivity contribution < 1.29 is 45.2 Å². The van der Waals surface area contributed by atoms with Crippen LogP contribution in [0.5, 0.6) is 0 Å². The maximum atomic E-state index is 5.42. The molecule has 2 heterocycles. The van der Waals surface area contributed by atoms with Crippen LogP contribution in [-0.4, -0.2) is 4.98 Å². The number of halogens is 3. The molecular formula is C32H40Cl3N3Pd-4. The van der Waals surface area contributed by atoms with Crippen LogP contribution >= 0.6 is 11.6 Å². The fourth-order valence-electron chi connectivity index (χ4n) is 4.55. The van der Waals surface area contributed by atoms with Crippen molar-refractivity contribution in [2.75, 3.05) is 9.80 Å². The SMILES string of the molecule is CC(C)c1cccc(C(C)C)c1N1C=CN(c2c(C(C)C)cccc2C(C)C)[CH-]1.Clc1[c-]nccc1.[Cl-].[Cl-].[Pd]. The van der Waals surface area contributed by atoms with Gasteiger partial charge in [-0.2, -0.15) is 6.07 Å². The molecule has 3 aromatic rings. The van der Waals surface area contributed by atoms with Crippen LogP contribution in [-0.2, 0) is 20.4 Å². The van der Waals surface area contributed by atoms with E-state index in [0.717, 1.165) is 0 Å². The molecule has 3 nitrogen and oxygen atoms in total. The molecule has 1 aromatic heterocycles. The van der Waals surface area contributed by atoms with Gasteiger partial charge >= 0.3 is 0 Å². The van der Waals surface area contributed by atoms with E-state index in [9.17, 15) is 0 Å². The summed E-state index contributed by atoms with van der Waals surface area (Å²) >= 11 is 5.42. The molecule has 0 saturated heterocycles. The van der Waals surface area contributed by atoms with Crippen molar-refractivity contribution in [2.45, 2.75) is 79.1 Å². The monoisotopic (exact) mass is 677 g/mol. The van der Waals surface area contributed by atoms with Gasteiger partial charge in [-0.05, 0) is 58.3 Å². The van der Waals surface area contributed by atoms with Crippen LogP contribution in [0.3, 0.4) is 0 Å². The van der Waals surface area contributed by atoms with E-state index < -0.39 is 0 Å². The molecule has 39 heavy (non-hydrogen) atoms. The fourth-order valence-corrected chi connectivity index (χ4v) is 4.67. The van der Waals surface area contributed by atoms with E-state index >= 15 is 0 Å². The van der Waals surface area contributed by atoms with Crippen LogP contribution in [0.4, 0.5) is 11.4 Å². The molecule has 1 aliphatic rings. The van der Waals surface area contributed by atoms with Gasteiger partial charge in [0.15, 0.2) is 0 Å². The molecule has 2 aromatic carbocycles. The normalized spacial score (nSPS) is 12.2. The topological polar surface area (TPSA) is 19.4 Å². The number of hydrogen-bond acceptors (Lipinski definition) is 3. The van der Waals surface area contributed by atoms with Gasteiger partial charge in [0, 0.05) is 31.8 Å². The molecule has 7 heteroatoms. The second-order valence-corrected chi connectivity index (χ2v) is 10.9. The third-order valence-corrected chi connectivity index (χ3v) is 6.62. The van der Waals surface area contributed by atoms with E-state index in [-0.39, 0.29) is 45.2 Å². The molecule has 4 rings (SSSR count). The first kappa shape index (κ1) is 37.5. The smallest absolute Gasteiger partial charge is 0.0195 e. The summed E-state index contributed by atoms with van der Waals surface area (Å²) in [6.45, 7) is 20.5. The Morgan fingerprint density at radius 1 is 0.641 bits per heavy atom. The molecule has 0 fully saturated rings. The zero-order valence-electron chi connectivity index (χ0n) is 24.0. The summed E-state index contributed by atoms with van der Waals surface area (Å²) in [5, 5.41) is 0.558. The molecule has 0 spiro atoms. The first-order valence-corrected chi connectivity index (χ1v) is 13.3. The van der Waals surface area contributed by atoms with Gasteiger partial charge in [-0.3, -0.25) is 0 Å². The van der Waals surface area contributed by atoms with Crippen molar-refractivity contribution in [1.82, 2.24) is 4.98 Å². The summed E-state index contributed by atoms with van der Waals surface area (Å²) in [5.41, 5.74) is 8.29. The maximum absolute atomic E-state index is 5.42. The molecule has 0 bridgehead atoms. The third-order valence-electron chi connectivity index (χ3n) is 6.41. The molecule has 218 valence electrons. The Morgan fingerprint density at radius 3 is 1.23 bits per heavy atom. The van der Waals surface area contributed by atoms with Crippen molar-refractivity contribution in [2.24, 2.45) is 0 Å². The summed E-state index contributed by atoms with van der Waals surface area (Å²) in [5.74, 6) is 1.92. The van der Waals surface area contributed by atoms with Crippen molar-refractivity contribution >= 4 is 23.0 Å². The van der Waals surface area contributed by atoms with Crippen LogP contribution in [0, 0.1) is 12.9 Å². The van der Waals surface area contributed by atoms with E-state index in [0.29, 0.717) is 28.7 Å². The van der Waals surface area contributed by atoms with Gasteiger partial charge in [0.05, 0.1) is 0 Å². The van der Waals surface area contributed by atoms with Crippen LogP contribution in [0.15, 0.2) is 67.1 Å². The molecular weight excluding hydrogens is 639 g/mol. The zero-order chi connectivity index (χ0) is 26.4. The molecule has 0 unspecified atom stereocenters. The van der Waals surface area contributed by atoms with Gasteiger partial charge < -0.3 is 39.6 Å². The molecule has 0 amide bonds. The van der Waals surface area contributed by atoms with Gasteiger partial charge in [-0.25, -0.2) is 0 Å². The Labute approximate surface area is 267 Å². The number of aromatic nitrogens is 1. The second-order valence-electron chi connectivity index (χ2n) is 10.5. The summed E-state index contributed by atoms with van der Waals surface area (Å²) in [6, 6.07) is 17.0. The van der Waals surface area contributed by atoms with Crippen molar-refractivity contribution in [3.63, 3.8) is 0 Å². The van der Waals surface area contributed by atoms with E-state index in [2.05, 4.69) is 132 Å². The predicted molar refractivity (Wildman–Crippen MR) is 156 cm³/mol. The Kier molecular flexibility index (Phi) is 16.6. The average molecular weight is 679 g/mol. The standard InChI is InChI=1S/C27H37N2.C5H3ClN.2ClH.Pd/c1-18(2)22-11-9-12-23(19(3)4)26(22)28-15-16-29(17-28)27-24(20(5)6)13-10-14-25(27)21(7)8;6-5-2-1-3-7-4-5;;;/h9-21H,1-8H3;1-3H;2*1H;/q2*-1;;;/p-2. The molecule has 0 saturated carbocycles. The van der Waals surface area contributed by atoms with Crippen LogP contribution in [0.1, 0.15) is 101 Å². The van der Waals surface area contributed by atoms with Crippen molar-refractivity contribution in [1.29, 1.82) is 0 Å². The molecule has 0 atom stereocenters. The molecule has 0 aliphatic carbocycles. The van der Waals surface area contributed by atoms with E-state index in [1.807, 2.05) is 0 Å². The second kappa shape index (κ2) is 17.3. The number of hydrogen-bond donors (Lipinski definition) is 0. The van der Waals surface area contributed by atoms with E-state index in [1.165, 1.54) is 33.6 Å². The minimum absolute atomic E-state index is 0. The van der Waals surface area contributed by atoms with Gasteiger partial charge in [0.2, 0.25) is 0 Å². The Hall–Kier alpha value is -1.54. The number of rotatable bonds is 6. The summed E-state index contributed by atoms with van der Waals surface area (Å²) in [4.78, 5) is 8.28. The van der Waals surface area contributed by atoms with Crippen molar-refractivity contribution in [3.05, 3.63) is 107 Å². The Morgan fingerprint density at radius 2 is 1.00 bits per heavy atom. The number of pyridine rings is 1. The molecule has 0 N–H and O–H groups in total. The van der Waals surface area contributed by atoms with Crippen LogP contribution in [0.25, 0.3) is 0 Å². The quantitative estimate of drug-likeness (QED) is 0.294. The first-order valence-electron chi connectivity index (χ1n) is 13.0. The number of para-hydroxylation sites is 2. The fraction of sp³-hybridized carbons (Fsp3) is 0.375. The van der Waals surface area contributed by atoms with Gasteiger partial charge in [0.1, 0.15) is 0 Å². The third kappa shape index (κ3) is 9.52. The number of anilines is 2. The summed E-state index contributed by atoms with van der Waals surface area (Å²) in [6.07, 6.45) is 8.61. The Bertz CT molecular complexity index is 1040. The Balaban J connectivity index is 0.00000126. The van der Waals surface area contributed by atoms with Crippen LogP contribution < -0.4 is 34.6 Å². The minimum atomic E-state index is 0.